The number of ether oxygens (including phenoxy) is 1. The number of fused-ring (bicyclic) bond motifs is 1. The number of alkyl halides is 3. The number of halogens is 3. The van der Waals surface area contributed by atoms with E-state index in [1.54, 1.807) is 6.07 Å². The molecule has 0 amide bonds. The van der Waals surface area contributed by atoms with Crippen molar-refractivity contribution in [3.63, 3.8) is 0 Å². The fourth-order valence-electron chi connectivity index (χ4n) is 1.54. The molecule has 0 aliphatic rings. The molecule has 0 atom stereocenters. The quantitative estimate of drug-likeness (QED) is 0.932. The standard InChI is InChI=1S/C12H8F3NO3/c13-12(14,15)6-19-10-9-5-8(11(17)18)2-1-7(9)3-4-16-10/h1-5H,6H2,(H,17,18). The highest BCUT2D eigenvalue weighted by Gasteiger charge is 2.29. The highest BCUT2D eigenvalue weighted by atomic mass is 19.4. The average Bonchev–Trinajstić information content (AvgIpc) is 2.34. The number of carbonyl (C=O) groups is 1. The maximum atomic E-state index is 12.1. The van der Waals surface area contributed by atoms with E-state index in [1.165, 1.54) is 24.4 Å². The summed E-state index contributed by atoms with van der Waals surface area (Å²) in [5.74, 6) is -1.41. The predicted molar refractivity (Wildman–Crippen MR) is 60.3 cm³/mol. The van der Waals surface area contributed by atoms with Crippen LogP contribution in [0.3, 0.4) is 0 Å². The molecule has 1 aromatic heterocycles. The van der Waals surface area contributed by atoms with E-state index in [0.29, 0.717) is 5.39 Å². The van der Waals surface area contributed by atoms with Crippen molar-refractivity contribution < 1.29 is 27.8 Å². The van der Waals surface area contributed by atoms with Crippen molar-refractivity contribution in [3.05, 3.63) is 36.0 Å². The second-order valence-corrected chi connectivity index (χ2v) is 3.76. The Bertz CT molecular complexity index is 625. The summed E-state index contributed by atoms with van der Waals surface area (Å²) in [6, 6.07) is 5.64. The first kappa shape index (κ1) is 13.1. The Morgan fingerprint density at radius 2 is 2.05 bits per heavy atom. The third kappa shape index (κ3) is 3.12. The van der Waals surface area contributed by atoms with E-state index < -0.39 is 18.8 Å². The number of carboxylic acids is 1. The Kier molecular flexibility index (Phi) is 3.28. The van der Waals surface area contributed by atoms with Crippen molar-refractivity contribution in [2.45, 2.75) is 6.18 Å². The minimum Gasteiger partial charge on any atom is -0.478 e. The van der Waals surface area contributed by atoms with Gasteiger partial charge < -0.3 is 9.84 Å². The molecule has 0 fully saturated rings. The van der Waals surface area contributed by atoms with Crippen molar-refractivity contribution in [2.24, 2.45) is 0 Å². The molecule has 0 spiro atoms. The first-order chi connectivity index (χ1) is 8.87. The zero-order chi connectivity index (χ0) is 14.0. The summed E-state index contributed by atoms with van der Waals surface area (Å²) < 4.78 is 40.9. The molecule has 7 heteroatoms. The largest absolute Gasteiger partial charge is 0.478 e. The van der Waals surface area contributed by atoms with Crippen LogP contribution in [0.25, 0.3) is 10.8 Å². The Balaban J connectivity index is 2.42. The third-order valence-corrected chi connectivity index (χ3v) is 2.35. The van der Waals surface area contributed by atoms with E-state index in [0.717, 1.165) is 0 Å². The molecule has 2 rings (SSSR count). The lowest BCUT2D eigenvalue weighted by atomic mass is 10.1. The van der Waals surface area contributed by atoms with Gasteiger partial charge in [-0.05, 0) is 23.6 Å². The molecule has 2 aromatic rings. The molecule has 0 aliphatic heterocycles. The molecular formula is C12H8F3NO3. The number of nitrogens with zero attached hydrogens (tertiary/aromatic N) is 1. The van der Waals surface area contributed by atoms with Crippen LogP contribution in [0.2, 0.25) is 0 Å². The molecule has 0 aliphatic carbocycles. The van der Waals surface area contributed by atoms with Crippen molar-refractivity contribution >= 4 is 16.7 Å². The lowest BCUT2D eigenvalue weighted by Crippen LogP contribution is -2.19. The summed E-state index contributed by atoms with van der Waals surface area (Å²) in [5.41, 5.74) is -0.0441. The fraction of sp³-hybridized carbons (Fsp3) is 0.167. The maximum Gasteiger partial charge on any atom is 0.422 e. The van der Waals surface area contributed by atoms with Gasteiger partial charge in [0.05, 0.1) is 5.56 Å². The highest BCUT2D eigenvalue weighted by molar-refractivity contribution is 5.96. The number of pyridine rings is 1. The summed E-state index contributed by atoms with van der Waals surface area (Å²) in [6.45, 7) is -1.48. The van der Waals surface area contributed by atoms with E-state index in [1.807, 2.05) is 0 Å². The number of hydrogen-bond donors (Lipinski definition) is 1. The van der Waals surface area contributed by atoms with E-state index >= 15 is 0 Å². The molecule has 0 saturated carbocycles. The SMILES string of the molecule is O=C(O)c1ccc2ccnc(OCC(F)(F)F)c2c1. The Labute approximate surface area is 105 Å². The van der Waals surface area contributed by atoms with Crippen LogP contribution in [-0.4, -0.2) is 28.8 Å². The number of carboxylic acid groups (broad SMARTS) is 1. The van der Waals surface area contributed by atoms with Crippen molar-refractivity contribution in [3.8, 4) is 5.88 Å². The summed E-state index contributed by atoms with van der Waals surface area (Å²) in [4.78, 5) is 14.5. The van der Waals surface area contributed by atoms with Gasteiger partial charge in [0.2, 0.25) is 5.88 Å². The van der Waals surface area contributed by atoms with Gasteiger partial charge in [0, 0.05) is 11.6 Å². The van der Waals surface area contributed by atoms with Gasteiger partial charge >= 0.3 is 12.1 Å². The van der Waals surface area contributed by atoms with Crippen LogP contribution in [-0.2, 0) is 0 Å². The predicted octanol–water partition coefficient (Wildman–Crippen LogP) is 2.87. The smallest absolute Gasteiger partial charge is 0.422 e. The number of benzene rings is 1. The Morgan fingerprint density at radius 3 is 2.68 bits per heavy atom. The minimum atomic E-state index is -4.48. The maximum absolute atomic E-state index is 12.1. The first-order valence-electron chi connectivity index (χ1n) is 5.18. The van der Waals surface area contributed by atoms with Crippen LogP contribution in [0.5, 0.6) is 5.88 Å². The monoisotopic (exact) mass is 271 g/mol. The van der Waals surface area contributed by atoms with Gasteiger partial charge in [0.15, 0.2) is 6.61 Å². The lowest BCUT2D eigenvalue weighted by Gasteiger charge is -2.10. The summed E-state index contributed by atoms with van der Waals surface area (Å²) in [6.07, 6.45) is -3.18. The molecular weight excluding hydrogens is 263 g/mol. The normalized spacial score (nSPS) is 11.5. The number of hydrogen-bond acceptors (Lipinski definition) is 3. The molecule has 4 nitrogen and oxygen atoms in total. The van der Waals surface area contributed by atoms with Crippen molar-refractivity contribution in [1.29, 1.82) is 0 Å². The zero-order valence-electron chi connectivity index (χ0n) is 9.44. The van der Waals surface area contributed by atoms with Crippen LogP contribution in [0.4, 0.5) is 13.2 Å². The first-order valence-corrected chi connectivity index (χ1v) is 5.18. The second-order valence-electron chi connectivity index (χ2n) is 3.76. The summed E-state index contributed by atoms with van der Waals surface area (Å²) in [5, 5.41) is 9.63. The number of aromatic carboxylic acids is 1. The second kappa shape index (κ2) is 4.75. The van der Waals surface area contributed by atoms with Crippen LogP contribution >= 0.6 is 0 Å². The topological polar surface area (TPSA) is 59.4 Å². The van der Waals surface area contributed by atoms with Gasteiger partial charge in [-0.2, -0.15) is 13.2 Å². The molecule has 0 bridgehead atoms. The van der Waals surface area contributed by atoms with Gasteiger partial charge in [-0.25, -0.2) is 9.78 Å². The molecule has 1 heterocycles. The Morgan fingerprint density at radius 1 is 1.32 bits per heavy atom. The molecule has 0 unspecified atom stereocenters. The molecule has 0 radical (unpaired) electrons. The lowest BCUT2D eigenvalue weighted by molar-refractivity contribution is -0.153. The molecule has 0 saturated heterocycles. The van der Waals surface area contributed by atoms with Crippen LogP contribution in [0.1, 0.15) is 10.4 Å². The van der Waals surface area contributed by atoms with E-state index in [9.17, 15) is 18.0 Å². The van der Waals surface area contributed by atoms with Gasteiger partial charge in [-0.3, -0.25) is 0 Å². The fourth-order valence-corrected chi connectivity index (χ4v) is 1.54. The van der Waals surface area contributed by atoms with Crippen LogP contribution < -0.4 is 4.74 Å². The van der Waals surface area contributed by atoms with Gasteiger partial charge in [-0.15, -0.1) is 0 Å². The molecule has 1 aromatic carbocycles. The van der Waals surface area contributed by atoms with E-state index in [4.69, 9.17) is 5.11 Å². The van der Waals surface area contributed by atoms with Crippen LogP contribution in [0.15, 0.2) is 30.5 Å². The van der Waals surface area contributed by atoms with E-state index in [2.05, 4.69) is 9.72 Å². The zero-order valence-corrected chi connectivity index (χ0v) is 9.44. The summed E-state index contributed by atoms with van der Waals surface area (Å²) >= 11 is 0. The van der Waals surface area contributed by atoms with Gasteiger partial charge in [-0.1, -0.05) is 6.07 Å². The summed E-state index contributed by atoms with van der Waals surface area (Å²) in [7, 11) is 0. The molecule has 100 valence electrons. The van der Waals surface area contributed by atoms with E-state index in [-0.39, 0.29) is 16.8 Å². The third-order valence-electron chi connectivity index (χ3n) is 2.35. The van der Waals surface area contributed by atoms with Crippen molar-refractivity contribution in [2.75, 3.05) is 6.61 Å². The van der Waals surface area contributed by atoms with Crippen LogP contribution in [0, 0.1) is 0 Å². The minimum absolute atomic E-state index is 0.0441. The molecule has 19 heavy (non-hydrogen) atoms. The highest BCUT2D eigenvalue weighted by Crippen LogP contribution is 2.26. The average molecular weight is 271 g/mol. The van der Waals surface area contributed by atoms with Gasteiger partial charge in [0.25, 0.3) is 0 Å². The van der Waals surface area contributed by atoms with Gasteiger partial charge in [0.1, 0.15) is 0 Å². The number of rotatable bonds is 3. The number of aromatic nitrogens is 1. The Hall–Kier alpha value is -2.31. The van der Waals surface area contributed by atoms with Crippen molar-refractivity contribution in [1.82, 2.24) is 4.98 Å². The molecule has 1 N–H and O–H groups in total.